The molecule has 0 aliphatic heterocycles. The third-order valence-electron chi connectivity index (χ3n) is 4.31. The molecular formula is C21H25N3O4. The highest BCUT2D eigenvalue weighted by Crippen LogP contribution is 2.26. The van der Waals surface area contributed by atoms with Crippen molar-refractivity contribution in [1.82, 2.24) is 10.6 Å². The van der Waals surface area contributed by atoms with Gasteiger partial charge in [-0.1, -0.05) is 37.3 Å². The molecule has 7 heteroatoms. The first-order valence-corrected chi connectivity index (χ1v) is 9.07. The molecular weight excluding hydrogens is 358 g/mol. The summed E-state index contributed by atoms with van der Waals surface area (Å²) in [5.74, 6) is -1.63. The number of amides is 3. The summed E-state index contributed by atoms with van der Waals surface area (Å²) >= 11 is 0. The standard InChI is InChI=1S/C21H25N3O4/c1-4-21(19(26)27,16-8-6-5-7-9-16)24-18(25)15-10-12-17(13-11-15)23-20(28)22-14(2)3/h5-14H,4H2,1-3H3,(H,24,25)(H,26,27)(H2,22,23,28). The lowest BCUT2D eigenvalue weighted by molar-refractivity contribution is -0.145. The topological polar surface area (TPSA) is 108 Å². The smallest absolute Gasteiger partial charge is 0.334 e. The van der Waals surface area contributed by atoms with Crippen LogP contribution in [-0.2, 0) is 10.3 Å². The van der Waals surface area contributed by atoms with Crippen LogP contribution < -0.4 is 16.0 Å². The summed E-state index contributed by atoms with van der Waals surface area (Å²) < 4.78 is 0. The first-order chi connectivity index (χ1) is 13.3. The molecule has 2 aromatic rings. The minimum atomic E-state index is -1.52. The minimum absolute atomic E-state index is 0.00113. The van der Waals surface area contributed by atoms with Crippen LogP contribution in [0.2, 0.25) is 0 Å². The van der Waals surface area contributed by atoms with E-state index in [0.29, 0.717) is 16.8 Å². The average molecular weight is 383 g/mol. The van der Waals surface area contributed by atoms with E-state index in [9.17, 15) is 19.5 Å². The number of carboxylic acid groups (broad SMARTS) is 1. The number of aliphatic carboxylic acids is 1. The number of rotatable bonds is 7. The Labute approximate surface area is 164 Å². The van der Waals surface area contributed by atoms with Crippen molar-refractivity contribution in [3.05, 3.63) is 65.7 Å². The maximum atomic E-state index is 12.7. The van der Waals surface area contributed by atoms with Crippen LogP contribution in [0, 0.1) is 0 Å². The molecule has 4 N–H and O–H groups in total. The maximum Gasteiger partial charge on any atom is 0.334 e. The highest BCUT2D eigenvalue weighted by Gasteiger charge is 2.40. The molecule has 28 heavy (non-hydrogen) atoms. The summed E-state index contributed by atoms with van der Waals surface area (Å²) in [5, 5.41) is 17.8. The lowest BCUT2D eigenvalue weighted by Crippen LogP contribution is -2.51. The second kappa shape index (κ2) is 9.03. The molecule has 1 unspecified atom stereocenters. The molecule has 0 spiro atoms. The number of urea groups is 1. The monoisotopic (exact) mass is 383 g/mol. The summed E-state index contributed by atoms with van der Waals surface area (Å²) in [4.78, 5) is 36.4. The van der Waals surface area contributed by atoms with Crippen molar-refractivity contribution in [2.45, 2.75) is 38.8 Å². The molecule has 1 atom stereocenters. The van der Waals surface area contributed by atoms with E-state index in [0.717, 1.165) is 0 Å². The van der Waals surface area contributed by atoms with Gasteiger partial charge in [-0.15, -0.1) is 0 Å². The van der Waals surface area contributed by atoms with Gasteiger partial charge >= 0.3 is 12.0 Å². The molecule has 0 saturated heterocycles. The number of hydrogen-bond acceptors (Lipinski definition) is 3. The Morgan fingerprint density at radius 2 is 1.61 bits per heavy atom. The van der Waals surface area contributed by atoms with Gasteiger partial charge < -0.3 is 21.1 Å². The van der Waals surface area contributed by atoms with E-state index < -0.39 is 17.4 Å². The quantitative estimate of drug-likeness (QED) is 0.588. The summed E-state index contributed by atoms with van der Waals surface area (Å²) in [6.45, 7) is 5.41. The van der Waals surface area contributed by atoms with Crippen molar-refractivity contribution < 1.29 is 19.5 Å². The summed E-state index contributed by atoms with van der Waals surface area (Å²) in [6.07, 6.45) is 0.188. The number of anilines is 1. The molecule has 148 valence electrons. The van der Waals surface area contributed by atoms with Gasteiger partial charge in [-0.2, -0.15) is 0 Å². The molecule has 0 fully saturated rings. The van der Waals surface area contributed by atoms with Gasteiger partial charge in [-0.05, 0) is 50.1 Å². The molecule has 0 aliphatic rings. The highest BCUT2D eigenvalue weighted by molar-refractivity contribution is 5.99. The molecule has 2 aromatic carbocycles. The Kier molecular flexibility index (Phi) is 6.76. The number of carboxylic acids is 1. The Bertz CT molecular complexity index is 834. The van der Waals surface area contributed by atoms with E-state index in [4.69, 9.17) is 0 Å². The first-order valence-electron chi connectivity index (χ1n) is 9.07. The van der Waals surface area contributed by atoms with E-state index in [-0.39, 0.29) is 18.5 Å². The van der Waals surface area contributed by atoms with E-state index in [2.05, 4.69) is 16.0 Å². The predicted octanol–water partition coefficient (Wildman–Crippen LogP) is 3.34. The predicted molar refractivity (Wildman–Crippen MR) is 107 cm³/mol. The van der Waals surface area contributed by atoms with Crippen LogP contribution in [0.3, 0.4) is 0 Å². The zero-order valence-electron chi connectivity index (χ0n) is 16.2. The lowest BCUT2D eigenvalue weighted by Gasteiger charge is -2.30. The number of carbonyl (C=O) groups excluding carboxylic acids is 2. The first kappa shape index (κ1) is 21.0. The van der Waals surface area contributed by atoms with Crippen molar-refractivity contribution in [3.63, 3.8) is 0 Å². The molecule has 3 amide bonds. The van der Waals surface area contributed by atoms with Gasteiger partial charge in [-0.3, -0.25) is 4.79 Å². The minimum Gasteiger partial charge on any atom is -0.479 e. The fraction of sp³-hybridized carbons (Fsp3) is 0.286. The molecule has 7 nitrogen and oxygen atoms in total. The number of benzene rings is 2. The third-order valence-corrected chi connectivity index (χ3v) is 4.31. The van der Waals surface area contributed by atoms with E-state index >= 15 is 0 Å². The normalized spacial score (nSPS) is 12.7. The largest absolute Gasteiger partial charge is 0.479 e. The maximum absolute atomic E-state index is 12.7. The van der Waals surface area contributed by atoms with E-state index in [1.165, 1.54) is 12.1 Å². The molecule has 0 aliphatic carbocycles. The Morgan fingerprint density at radius 3 is 2.11 bits per heavy atom. The van der Waals surface area contributed by atoms with Gasteiger partial charge in [-0.25, -0.2) is 9.59 Å². The van der Waals surface area contributed by atoms with Gasteiger partial charge in [0, 0.05) is 17.3 Å². The van der Waals surface area contributed by atoms with Gasteiger partial charge in [0.25, 0.3) is 5.91 Å². The number of nitrogens with one attached hydrogen (secondary N) is 3. The van der Waals surface area contributed by atoms with Crippen LogP contribution in [0.4, 0.5) is 10.5 Å². The second-order valence-corrected chi connectivity index (χ2v) is 6.71. The SMILES string of the molecule is CCC(NC(=O)c1ccc(NC(=O)NC(C)C)cc1)(C(=O)O)c1ccccc1. The van der Waals surface area contributed by atoms with Crippen molar-refractivity contribution in [2.24, 2.45) is 0 Å². The van der Waals surface area contributed by atoms with Crippen LogP contribution in [0.25, 0.3) is 0 Å². The van der Waals surface area contributed by atoms with Gasteiger partial charge in [0.1, 0.15) is 0 Å². The Hall–Kier alpha value is -3.35. The second-order valence-electron chi connectivity index (χ2n) is 6.71. The van der Waals surface area contributed by atoms with Crippen LogP contribution >= 0.6 is 0 Å². The van der Waals surface area contributed by atoms with Gasteiger partial charge in [0.15, 0.2) is 5.54 Å². The fourth-order valence-corrected chi connectivity index (χ4v) is 2.82. The Balaban J connectivity index is 2.18. The van der Waals surface area contributed by atoms with Crippen molar-refractivity contribution in [3.8, 4) is 0 Å². The molecule has 0 saturated carbocycles. The Morgan fingerprint density at radius 1 is 1.00 bits per heavy atom. The zero-order valence-corrected chi connectivity index (χ0v) is 16.2. The van der Waals surface area contributed by atoms with Crippen molar-refractivity contribution >= 4 is 23.6 Å². The van der Waals surface area contributed by atoms with Crippen LogP contribution in [0.5, 0.6) is 0 Å². The van der Waals surface area contributed by atoms with Crippen LogP contribution in [-0.4, -0.2) is 29.1 Å². The zero-order chi connectivity index (χ0) is 20.7. The summed E-state index contributed by atoms with van der Waals surface area (Å²) in [5.41, 5.74) is -0.198. The van der Waals surface area contributed by atoms with Crippen molar-refractivity contribution in [1.29, 1.82) is 0 Å². The third kappa shape index (κ3) is 4.88. The molecule has 0 heterocycles. The fourth-order valence-electron chi connectivity index (χ4n) is 2.82. The molecule has 2 rings (SSSR count). The highest BCUT2D eigenvalue weighted by atomic mass is 16.4. The van der Waals surface area contributed by atoms with Gasteiger partial charge in [0.2, 0.25) is 0 Å². The average Bonchev–Trinajstić information content (AvgIpc) is 2.66. The van der Waals surface area contributed by atoms with Gasteiger partial charge in [0.05, 0.1) is 0 Å². The molecule has 0 aromatic heterocycles. The summed E-state index contributed by atoms with van der Waals surface area (Å²) in [7, 11) is 0. The van der Waals surface area contributed by atoms with E-state index in [1.807, 2.05) is 13.8 Å². The lowest BCUT2D eigenvalue weighted by atomic mass is 9.87. The van der Waals surface area contributed by atoms with Crippen LogP contribution in [0.15, 0.2) is 54.6 Å². The number of carbonyl (C=O) groups is 3. The van der Waals surface area contributed by atoms with E-state index in [1.54, 1.807) is 49.4 Å². The van der Waals surface area contributed by atoms with Crippen LogP contribution in [0.1, 0.15) is 43.1 Å². The molecule has 0 bridgehead atoms. The van der Waals surface area contributed by atoms with Crippen molar-refractivity contribution in [2.75, 3.05) is 5.32 Å². The summed E-state index contributed by atoms with van der Waals surface area (Å²) in [6, 6.07) is 14.5. The molecule has 0 radical (unpaired) electrons. The number of hydrogen-bond donors (Lipinski definition) is 4.